The highest BCUT2D eigenvalue weighted by Crippen LogP contribution is 2.22. The second-order valence-corrected chi connectivity index (χ2v) is 4.65. The van der Waals surface area contributed by atoms with E-state index in [9.17, 15) is 4.79 Å². The lowest BCUT2D eigenvalue weighted by Crippen LogP contribution is -2.40. The molecule has 0 bridgehead atoms. The van der Waals surface area contributed by atoms with Gasteiger partial charge in [-0.05, 0) is 38.0 Å². The van der Waals surface area contributed by atoms with Gasteiger partial charge in [-0.25, -0.2) is 0 Å². The van der Waals surface area contributed by atoms with Crippen LogP contribution in [-0.4, -0.2) is 18.6 Å². The van der Waals surface area contributed by atoms with E-state index in [0.717, 1.165) is 25.7 Å². The van der Waals surface area contributed by atoms with Gasteiger partial charge in [-0.15, -0.1) is 6.58 Å². The minimum Gasteiger partial charge on any atom is -0.465 e. The van der Waals surface area contributed by atoms with Crippen LogP contribution >= 0.6 is 0 Å². The topological polar surface area (TPSA) is 52.3 Å². The zero-order chi connectivity index (χ0) is 13.3. The van der Waals surface area contributed by atoms with Gasteiger partial charge in [0.2, 0.25) is 0 Å². The van der Waals surface area contributed by atoms with Crippen molar-refractivity contribution in [1.29, 1.82) is 0 Å². The zero-order valence-corrected chi connectivity index (χ0v) is 11.4. The van der Waals surface area contributed by atoms with E-state index in [4.69, 9.17) is 10.5 Å². The molecule has 0 amide bonds. The first-order chi connectivity index (χ1) is 8.06. The molecule has 0 spiro atoms. The second-order valence-electron chi connectivity index (χ2n) is 4.65. The van der Waals surface area contributed by atoms with Gasteiger partial charge in [0.15, 0.2) is 0 Å². The van der Waals surface area contributed by atoms with Crippen LogP contribution in [0.3, 0.4) is 0 Å². The van der Waals surface area contributed by atoms with Crippen molar-refractivity contribution in [2.75, 3.05) is 6.61 Å². The summed E-state index contributed by atoms with van der Waals surface area (Å²) in [6.07, 6.45) is 5.95. The number of carbonyl (C=O) groups excluding carboxylic acids is 1. The standard InChI is InChI=1S/C14H27NO2/c1-5-8-9-11(4)10-12(6-2)13(15)14(16)17-7-3/h5,11-13H,1,6-10,15H2,2-4H3. The van der Waals surface area contributed by atoms with Crippen molar-refractivity contribution in [1.82, 2.24) is 0 Å². The Kier molecular flexibility index (Phi) is 8.78. The number of esters is 1. The van der Waals surface area contributed by atoms with Crippen molar-refractivity contribution in [2.45, 2.75) is 52.5 Å². The van der Waals surface area contributed by atoms with Gasteiger partial charge >= 0.3 is 5.97 Å². The van der Waals surface area contributed by atoms with E-state index in [1.165, 1.54) is 0 Å². The maximum atomic E-state index is 11.6. The average molecular weight is 241 g/mol. The molecule has 3 nitrogen and oxygen atoms in total. The molecule has 3 heteroatoms. The lowest BCUT2D eigenvalue weighted by Gasteiger charge is -2.24. The first-order valence-electron chi connectivity index (χ1n) is 6.59. The molecule has 0 aliphatic heterocycles. The van der Waals surface area contributed by atoms with Crippen molar-refractivity contribution in [3.05, 3.63) is 12.7 Å². The van der Waals surface area contributed by atoms with E-state index in [2.05, 4.69) is 20.4 Å². The van der Waals surface area contributed by atoms with Gasteiger partial charge < -0.3 is 10.5 Å². The van der Waals surface area contributed by atoms with Gasteiger partial charge in [0.25, 0.3) is 0 Å². The Bertz CT molecular complexity index is 228. The summed E-state index contributed by atoms with van der Waals surface area (Å²) < 4.78 is 4.97. The van der Waals surface area contributed by atoms with E-state index in [-0.39, 0.29) is 11.9 Å². The van der Waals surface area contributed by atoms with Crippen LogP contribution in [0.5, 0.6) is 0 Å². The van der Waals surface area contributed by atoms with Gasteiger partial charge in [0, 0.05) is 0 Å². The number of carbonyl (C=O) groups is 1. The van der Waals surface area contributed by atoms with Crippen molar-refractivity contribution in [3.63, 3.8) is 0 Å². The normalized spacial score (nSPS) is 16.0. The number of rotatable bonds is 9. The minimum atomic E-state index is -0.480. The van der Waals surface area contributed by atoms with Crippen molar-refractivity contribution < 1.29 is 9.53 Å². The van der Waals surface area contributed by atoms with Gasteiger partial charge in [0.1, 0.15) is 6.04 Å². The number of nitrogens with two attached hydrogens (primary N) is 1. The van der Waals surface area contributed by atoms with Gasteiger partial charge in [0.05, 0.1) is 6.61 Å². The number of hydrogen-bond acceptors (Lipinski definition) is 3. The monoisotopic (exact) mass is 241 g/mol. The molecule has 0 heterocycles. The summed E-state index contributed by atoms with van der Waals surface area (Å²) in [6.45, 7) is 10.2. The molecule has 0 aromatic carbocycles. The summed E-state index contributed by atoms with van der Waals surface area (Å²) in [6, 6.07) is -0.480. The number of ether oxygens (including phenoxy) is 1. The van der Waals surface area contributed by atoms with Crippen molar-refractivity contribution >= 4 is 5.97 Å². The fourth-order valence-corrected chi connectivity index (χ4v) is 2.04. The van der Waals surface area contributed by atoms with Crippen molar-refractivity contribution in [2.24, 2.45) is 17.6 Å². The third kappa shape index (κ3) is 6.47. The van der Waals surface area contributed by atoms with Crippen LogP contribution in [-0.2, 0) is 9.53 Å². The van der Waals surface area contributed by atoms with Crippen LogP contribution < -0.4 is 5.73 Å². The SMILES string of the molecule is C=CCCC(C)CC(CC)C(N)C(=O)OCC. The summed E-state index contributed by atoms with van der Waals surface area (Å²) in [5.74, 6) is 0.516. The Balaban J connectivity index is 4.20. The number of allylic oxidation sites excluding steroid dienone is 1. The lowest BCUT2D eigenvalue weighted by molar-refractivity contribution is -0.146. The molecule has 17 heavy (non-hydrogen) atoms. The highest BCUT2D eigenvalue weighted by atomic mass is 16.5. The van der Waals surface area contributed by atoms with Crippen LogP contribution in [0.15, 0.2) is 12.7 Å². The van der Waals surface area contributed by atoms with E-state index in [1.54, 1.807) is 6.92 Å². The van der Waals surface area contributed by atoms with Gasteiger partial charge in [-0.3, -0.25) is 4.79 Å². The maximum absolute atomic E-state index is 11.6. The Labute approximate surface area is 105 Å². The first kappa shape index (κ1) is 16.2. The molecule has 0 saturated carbocycles. The summed E-state index contributed by atoms with van der Waals surface area (Å²) in [7, 11) is 0. The van der Waals surface area contributed by atoms with E-state index < -0.39 is 6.04 Å². The smallest absolute Gasteiger partial charge is 0.323 e. The van der Waals surface area contributed by atoms with Crippen LogP contribution in [0, 0.1) is 11.8 Å². The highest BCUT2D eigenvalue weighted by molar-refractivity contribution is 5.75. The Morgan fingerprint density at radius 2 is 2.12 bits per heavy atom. The van der Waals surface area contributed by atoms with E-state index >= 15 is 0 Å². The molecule has 100 valence electrons. The Morgan fingerprint density at radius 1 is 1.47 bits per heavy atom. The summed E-state index contributed by atoms with van der Waals surface area (Å²) in [4.78, 5) is 11.6. The average Bonchev–Trinajstić information content (AvgIpc) is 2.32. The molecular formula is C14H27NO2. The Hall–Kier alpha value is -0.830. The molecular weight excluding hydrogens is 214 g/mol. The minimum absolute atomic E-state index is 0.217. The van der Waals surface area contributed by atoms with E-state index in [1.807, 2.05) is 6.08 Å². The van der Waals surface area contributed by atoms with Crippen LogP contribution in [0.2, 0.25) is 0 Å². The third-order valence-electron chi connectivity index (χ3n) is 3.16. The predicted molar refractivity (Wildman–Crippen MR) is 71.6 cm³/mol. The van der Waals surface area contributed by atoms with Crippen LogP contribution in [0.25, 0.3) is 0 Å². The molecule has 2 N–H and O–H groups in total. The molecule has 0 aliphatic carbocycles. The number of hydrogen-bond donors (Lipinski definition) is 1. The van der Waals surface area contributed by atoms with Gasteiger partial charge in [-0.1, -0.05) is 26.3 Å². The molecule has 0 aromatic heterocycles. The second kappa shape index (κ2) is 9.23. The summed E-state index contributed by atoms with van der Waals surface area (Å²) >= 11 is 0. The molecule has 0 aromatic rings. The molecule has 0 radical (unpaired) electrons. The maximum Gasteiger partial charge on any atom is 0.323 e. The zero-order valence-electron chi connectivity index (χ0n) is 11.4. The fourth-order valence-electron chi connectivity index (χ4n) is 2.04. The predicted octanol–water partition coefficient (Wildman–Crippen LogP) is 2.90. The van der Waals surface area contributed by atoms with E-state index in [0.29, 0.717) is 12.5 Å². The third-order valence-corrected chi connectivity index (χ3v) is 3.16. The molecule has 0 aliphatic rings. The summed E-state index contributed by atoms with van der Waals surface area (Å²) in [5, 5.41) is 0. The molecule has 3 atom stereocenters. The molecule has 0 rings (SSSR count). The van der Waals surface area contributed by atoms with Gasteiger partial charge in [-0.2, -0.15) is 0 Å². The summed E-state index contributed by atoms with van der Waals surface area (Å²) in [5.41, 5.74) is 5.94. The molecule has 0 fully saturated rings. The molecule has 3 unspecified atom stereocenters. The molecule has 0 saturated heterocycles. The van der Waals surface area contributed by atoms with Crippen LogP contribution in [0.1, 0.15) is 46.5 Å². The fraction of sp³-hybridized carbons (Fsp3) is 0.786. The Morgan fingerprint density at radius 3 is 2.59 bits per heavy atom. The quantitative estimate of drug-likeness (QED) is 0.499. The highest BCUT2D eigenvalue weighted by Gasteiger charge is 2.25. The van der Waals surface area contributed by atoms with Crippen molar-refractivity contribution in [3.8, 4) is 0 Å². The van der Waals surface area contributed by atoms with Crippen LogP contribution in [0.4, 0.5) is 0 Å². The lowest BCUT2D eigenvalue weighted by atomic mass is 9.86. The first-order valence-corrected chi connectivity index (χ1v) is 6.59. The largest absolute Gasteiger partial charge is 0.465 e.